The highest BCUT2D eigenvalue weighted by molar-refractivity contribution is 5.75. The van der Waals surface area contributed by atoms with Crippen molar-refractivity contribution in [2.24, 2.45) is 11.8 Å². The summed E-state index contributed by atoms with van der Waals surface area (Å²) >= 11 is 0. The molecule has 1 aliphatic rings. The van der Waals surface area contributed by atoms with Crippen LogP contribution in [0.15, 0.2) is 30.3 Å². The Morgan fingerprint density at radius 1 is 1.28 bits per heavy atom. The third-order valence-electron chi connectivity index (χ3n) is 3.90. The molecule has 0 saturated heterocycles. The van der Waals surface area contributed by atoms with E-state index in [1.54, 1.807) is 0 Å². The van der Waals surface area contributed by atoms with E-state index in [4.69, 9.17) is 0 Å². The third kappa shape index (κ3) is 2.91. The molecule has 0 bridgehead atoms. The van der Waals surface area contributed by atoms with Gasteiger partial charge >= 0.3 is 5.97 Å². The van der Waals surface area contributed by atoms with Crippen molar-refractivity contribution < 1.29 is 9.90 Å². The van der Waals surface area contributed by atoms with Crippen molar-refractivity contribution in [2.45, 2.75) is 38.8 Å². The number of hydrogen-bond acceptors (Lipinski definition) is 2. The molecule has 0 aromatic heterocycles. The highest BCUT2D eigenvalue weighted by atomic mass is 16.4. The summed E-state index contributed by atoms with van der Waals surface area (Å²) in [5.41, 5.74) is 0.831. The lowest BCUT2D eigenvalue weighted by molar-refractivity contribution is -0.140. The molecule has 1 aromatic rings. The van der Waals surface area contributed by atoms with Gasteiger partial charge in [-0.2, -0.15) is 0 Å². The first-order chi connectivity index (χ1) is 8.58. The molecular weight excluding hydrogens is 226 g/mol. The van der Waals surface area contributed by atoms with E-state index in [2.05, 4.69) is 19.2 Å². The molecule has 3 nitrogen and oxygen atoms in total. The summed E-state index contributed by atoms with van der Waals surface area (Å²) in [5.74, 6) is 0.643. The van der Waals surface area contributed by atoms with Gasteiger partial charge < -0.3 is 5.11 Å². The average Bonchev–Trinajstić information content (AvgIpc) is 2.27. The number of hydrogen-bond donors (Lipinski definition) is 2. The summed E-state index contributed by atoms with van der Waals surface area (Å²) in [6, 6.07) is 9.16. The molecule has 1 atom stereocenters. The SMILES string of the molecule is CC(C)C1CC(NC(C(=O)O)c2ccccc2)C1. The van der Waals surface area contributed by atoms with Gasteiger partial charge in [0.1, 0.15) is 6.04 Å². The van der Waals surface area contributed by atoms with Crippen molar-refractivity contribution in [1.29, 1.82) is 0 Å². The molecule has 0 aliphatic heterocycles. The number of carbonyl (C=O) groups is 1. The van der Waals surface area contributed by atoms with Crippen LogP contribution in [-0.4, -0.2) is 17.1 Å². The molecule has 0 radical (unpaired) electrons. The maximum atomic E-state index is 11.3. The fourth-order valence-electron chi connectivity index (χ4n) is 2.53. The maximum Gasteiger partial charge on any atom is 0.325 e. The second kappa shape index (κ2) is 5.53. The Kier molecular flexibility index (Phi) is 4.02. The lowest BCUT2D eigenvalue weighted by Gasteiger charge is -2.40. The van der Waals surface area contributed by atoms with Crippen LogP contribution in [0.4, 0.5) is 0 Å². The van der Waals surface area contributed by atoms with Crippen LogP contribution in [0.1, 0.15) is 38.3 Å². The summed E-state index contributed by atoms with van der Waals surface area (Å²) in [5, 5.41) is 12.6. The van der Waals surface area contributed by atoms with E-state index in [9.17, 15) is 9.90 Å². The Balaban J connectivity index is 1.95. The molecule has 1 unspecified atom stereocenters. The molecule has 2 N–H and O–H groups in total. The number of rotatable bonds is 5. The number of nitrogens with one attached hydrogen (secondary N) is 1. The summed E-state index contributed by atoms with van der Waals surface area (Å²) in [6.07, 6.45) is 2.18. The van der Waals surface area contributed by atoms with E-state index >= 15 is 0 Å². The summed E-state index contributed by atoms with van der Waals surface area (Å²) in [7, 11) is 0. The lowest BCUT2D eigenvalue weighted by atomic mass is 9.73. The average molecular weight is 247 g/mol. The van der Waals surface area contributed by atoms with E-state index in [1.807, 2.05) is 30.3 Å². The summed E-state index contributed by atoms with van der Waals surface area (Å²) in [6.45, 7) is 4.46. The Bertz CT molecular complexity index is 396. The Morgan fingerprint density at radius 3 is 2.39 bits per heavy atom. The van der Waals surface area contributed by atoms with Crippen LogP contribution in [0.25, 0.3) is 0 Å². The largest absolute Gasteiger partial charge is 0.480 e. The molecular formula is C15H21NO2. The Labute approximate surface area is 108 Å². The van der Waals surface area contributed by atoms with E-state index in [1.165, 1.54) is 0 Å². The first-order valence-corrected chi connectivity index (χ1v) is 6.61. The van der Waals surface area contributed by atoms with Gasteiger partial charge in [-0.15, -0.1) is 0 Å². The highest BCUT2D eigenvalue weighted by Crippen LogP contribution is 2.34. The second-order valence-corrected chi connectivity index (χ2v) is 5.52. The summed E-state index contributed by atoms with van der Waals surface area (Å²) < 4.78 is 0. The molecule has 0 amide bonds. The lowest BCUT2D eigenvalue weighted by Crippen LogP contribution is -2.46. The van der Waals surface area contributed by atoms with Crippen LogP contribution in [-0.2, 0) is 4.79 Å². The first kappa shape index (κ1) is 13.1. The minimum Gasteiger partial charge on any atom is -0.480 e. The number of carboxylic acids is 1. The molecule has 18 heavy (non-hydrogen) atoms. The predicted octanol–water partition coefficient (Wildman–Crippen LogP) is 2.84. The van der Waals surface area contributed by atoms with Crippen molar-refractivity contribution in [1.82, 2.24) is 5.32 Å². The quantitative estimate of drug-likeness (QED) is 0.841. The third-order valence-corrected chi connectivity index (χ3v) is 3.90. The van der Waals surface area contributed by atoms with Crippen molar-refractivity contribution in [3.8, 4) is 0 Å². The van der Waals surface area contributed by atoms with Crippen molar-refractivity contribution in [3.05, 3.63) is 35.9 Å². The first-order valence-electron chi connectivity index (χ1n) is 6.61. The molecule has 1 aliphatic carbocycles. The smallest absolute Gasteiger partial charge is 0.325 e. The van der Waals surface area contributed by atoms with E-state index < -0.39 is 12.0 Å². The second-order valence-electron chi connectivity index (χ2n) is 5.52. The molecule has 98 valence electrons. The van der Waals surface area contributed by atoms with Gasteiger partial charge in [0, 0.05) is 6.04 Å². The van der Waals surface area contributed by atoms with E-state index in [0.717, 1.165) is 24.3 Å². The van der Waals surface area contributed by atoms with Gasteiger partial charge in [-0.05, 0) is 30.2 Å². The predicted molar refractivity (Wildman–Crippen MR) is 71.3 cm³/mol. The number of benzene rings is 1. The van der Waals surface area contributed by atoms with Gasteiger partial charge in [0.15, 0.2) is 0 Å². The van der Waals surface area contributed by atoms with Gasteiger partial charge in [0.25, 0.3) is 0 Å². The van der Waals surface area contributed by atoms with Crippen LogP contribution in [0.2, 0.25) is 0 Å². The summed E-state index contributed by atoms with van der Waals surface area (Å²) in [4.78, 5) is 11.3. The Morgan fingerprint density at radius 2 is 1.89 bits per heavy atom. The van der Waals surface area contributed by atoms with Gasteiger partial charge in [-0.1, -0.05) is 44.2 Å². The number of carboxylic acid groups (broad SMARTS) is 1. The zero-order valence-corrected chi connectivity index (χ0v) is 11.0. The van der Waals surface area contributed by atoms with Crippen LogP contribution in [0, 0.1) is 11.8 Å². The van der Waals surface area contributed by atoms with Crippen molar-refractivity contribution in [3.63, 3.8) is 0 Å². The normalized spacial score (nSPS) is 24.6. The molecule has 1 aromatic carbocycles. The van der Waals surface area contributed by atoms with Crippen LogP contribution < -0.4 is 5.32 Å². The van der Waals surface area contributed by atoms with Crippen molar-refractivity contribution in [2.75, 3.05) is 0 Å². The fourth-order valence-corrected chi connectivity index (χ4v) is 2.53. The molecule has 0 spiro atoms. The zero-order chi connectivity index (χ0) is 13.1. The maximum absolute atomic E-state index is 11.3. The zero-order valence-electron chi connectivity index (χ0n) is 11.0. The van der Waals surface area contributed by atoms with Gasteiger partial charge in [0.2, 0.25) is 0 Å². The van der Waals surface area contributed by atoms with E-state index in [-0.39, 0.29) is 0 Å². The molecule has 2 rings (SSSR count). The monoisotopic (exact) mass is 247 g/mol. The molecule has 1 fully saturated rings. The molecule has 3 heteroatoms. The van der Waals surface area contributed by atoms with E-state index in [0.29, 0.717) is 12.0 Å². The molecule has 0 heterocycles. The highest BCUT2D eigenvalue weighted by Gasteiger charge is 2.34. The van der Waals surface area contributed by atoms with Crippen molar-refractivity contribution >= 4 is 5.97 Å². The van der Waals surface area contributed by atoms with Gasteiger partial charge in [-0.25, -0.2) is 0 Å². The number of aliphatic carboxylic acids is 1. The minimum atomic E-state index is -0.797. The Hall–Kier alpha value is -1.35. The van der Waals surface area contributed by atoms with Crippen LogP contribution in [0.5, 0.6) is 0 Å². The van der Waals surface area contributed by atoms with Crippen LogP contribution >= 0.6 is 0 Å². The van der Waals surface area contributed by atoms with Crippen LogP contribution in [0.3, 0.4) is 0 Å². The fraction of sp³-hybridized carbons (Fsp3) is 0.533. The standard InChI is InChI=1S/C15H21NO2/c1-10(2)12-8-13(9-12)16-14(15(17)18)11-6-4-3-5-7-11/h3-7,10,12-14,16H,8-9H2,1-2H3,(H,17,18). The minimum absolute atomic E-state index is 0.346. The van der Waals surface area contributed by atoms with Gasteiger partial charge in [0.05, 0.1) is 0 Å². The topological polar surface area (TPSA) is 49.3 Å². The van der Waals surface area contributed by atoms with Gasteiger partial charge in [-0.3, -0.25) is 10.1 Å². The molecule has 1 saturated carbocycles.